The summed E-state index contributed by atoms with van der Waals surface area (Å²) in [5.41, 5.74) is 1.94. The van der Waals surface area contributed by atoms with E-state index in [1.165, 1.54) is 32.4 Å². The Morgan fingerprint density at radius 1 is 1.06 bits per heavy atom. The molecule has 32 heavy (non-hydrogen) atoms. The number of aromatic nitrogens is 1. The van der Waals surface area contributed by atoms with Gasteiger partial charge in [0.2, 0.25) is 0 Å². The summed E-state index contributed by atoms with van der Waals surface area (Å²) in [5, 5.41) is 3.58. The van der Waals surface area contributed by atoms with Crippen molar-refractivity contribution in [3.63, 3.8) is 0 Å². The summed E-state index contributed by atoms with van der Waals surface area (Å²) in [7, 11) is -3.13. The second-order valence-corrected chi connectivity index (χ2v) is 10.8. The van der Waals surface area contributed by atoms with Gasteiger partial charge in [-0.15, -0.1) is 0 Å². The third-order valence-corrected chi connectivity index (χ3v) is 7.36. The van der Waals surface area contributed by atoms with Gasteiger partial charge in [0.05, 0.1) is 17.2 Å². The van der Waals surface area contributed by atoms with Crippen molar-refractivity contribution < 1.29 is 8.42 Å². The molecule has 0 saturated carbocycles. The van der Waals surface area contributed by atoms with Crippen LogP contribution in [0.25, 0.3) is 6.08 Å². The Labute approximate surface area is 194 Å². The zero-order chi connectivity index (χ0) is 22.7. The molecule has 7 heteroatoms. The number of sulfone groups is 1. The van der Waals surface area contributed by atoms with Crippen molar-refractivity contribution in [2.45, 2.75) is 39.0 Å². The quantitative estimate of drug-likeness (QED) is 0.662. The molecule has 0 spiro atoms. The average molecular weight is 459 g/mol. The summed E-state index contributed by atoms with van der Waals surface area (Å²) < 4.78 is 24.8. The summed E-state index contributed by atoms with van der Waals surface area (Å²) in [4.78, 5) is 9.47. The molecule has 1 aromatic rings. The first kappa shape index (κ1) is 24.5. The van der Waals surface area contributed by atoms with Crippen LogP contribution in [-0.4, -0.2) is 69.1 Å². The number of rotatable bonds is 7. The van der Waals surface area contributed by atoms with Gasteiger partial charge in [-0.25, -0.2) is 13.4 Å². The zero-order valence-corrected chi connectivity index (χ0v) is 20.2. The van der Waals surface area contributed by atoms with E-state index < -0.39 is 9.84 Å². The first-order valence-electron chi connectivity index (χ1n) is 12.0. The van der Waals surface area contributed by atoms with E-state index in [1.54, 1.807) is 6.08 Å². The minimum atomic E-state index is -3.13. The van der Waals surface area contributed by atoms with E-state index in [0.29, 0.717) is 6.54 Å². The lowest BCUT2D eigenvalue weighted by Gasteiger charge is -2.27. The highest BCUT2D eigenvalue weighted by molar-refractivity contribution is 7.91. The van der Waals surface area contributed by atoms with E-state index in [4.69, 9.17) is 4.98 Å². The number of piperidine rings is 1. The summed E-state index contributed by atoms with van der Waals surface area (Å²) >= 11 is 0. The Hall–Kier alpha value is -2.12. The van der Waals surface area contributed by atoms with Crippen molar-refractivity contribution in [3.8, 4) is 0 Å². The minimum Gasteiger partial charge on any atom is -0.384 e. The molecule has 1 saturated heterocycles. The van der Waals surface area contributed by atoms with Crippen LogP contribution in [0.4, 0.5) is 11.5 Å². The van der Waals surface area contributed by atoms with Crippen molar-refractivity contribution in [3.05, 3.63) is 48.2 Å². The largest absolute Gasteiger partial charge is 0.384 e. The molecule has 1 fully saturated rings. The molecule has 2 aliphatic rings. The van der Waals surface area contributed by atoms with Gasteiger partial charge < -0.3 is 15.1 Å². The highest BCUT2D eigenvalue weighted by atomic mass is 32.2. The fourth-order valence-corrected chi connectivity index (χ4v) is 5.10. The summed E-state index contributed by atoms with van der Waals surface area (Å²) in [6.45, 7) is 7.61. The lowest BCUT2D eigenvalue weighted by atomic mass is 10.1. The Kier molecular flexibility index (Phi) is 9.81. The van der Waals surface area contributed by atoms with Crippen LogP contribution in [0, 0.1) is 0 Å². The van der Waals surface area contributed by atoms with Crippen LogP contribution >= 0.6 is 0 Å². The van der Waals surface area contributed by atoms with Crippen molar-refractivity contribution in [2.75, 3.05) is 61.0 Å². The molecule has 1 aromatic heterocycles. The number of anilines is 2. The fourth-order valence-electron chi connectivity index (χ4n) is 4.03. The van der Waals surface area contributed by atoms with Crippen LogP contribution in [0.15, 0.2) is 42.5 Å². The second kappa shape index (κ2) is 12.8. The molecule has 176 valence electrons. The molecule has 6 nitrogen and oxygen atoms in total. The number of likely N-dealkylation sites (tertiary alicyclic amines) is 1. The lowest BCUT2D eigenvalue weighted by molar-refractivity contribution is 0.237. The van der Waals surface area contributed by atoms with E-state index >= 15 is 0 Å². The van der Waals surface area contributed by atoms with Crippen LogP contribution < -0.4 is 10.2 Å². The van der Waals surface area contributed by atoms with Crippen LogP contribution in [0.3, 0.4) is 0 Å². The zero-order valence-electron chi connectivity index (χ0n) is 19.4. The molecule has 2 aliphatic heterocycles. The van der Waals surface area contributed by atoms with Gasteiger partial charge >= 0.3 is 0 Å². The third-order valence-electron chi connectivity index (χ3n) is 5.86. The van der Waals surface area contributed by atoms with Crippen molar-refractivity contribution in [2.24, 2.45) is 0 Å². The second-order valence-electron chi connectivity index (χ2n) is 8.52. The maximum atomic E-state index is 12.4. The van der Waals surface area contributed by atoms with Gasteiger partial charge in [0, 0.05) is 37.9 Å². The summed E-state index contributed by atoms with van der Waals surface area (Å²) in [5.74, 6) is 1.05. The number of nitrogens with one attached hydrogen (secondary N) is 1. The number of pyridine rings is 1. The highest BCUT2D eigenvalue weighted by Crippen LogP contribution is 2.21. The summed E-state index contributed by atoms with van der Waals surface area (Å²) in [6.07, 6.45) is 17.5. The van der Waals surface area contributed by atoms with Crippen LogP contribution in [-0.2, 0) is 9.84 Å². The molecule has 3 heterocycles. The minimum absolute atomic E-state index is 0.0845. The molecule has 0 radical (unpaired) electrons. The van der Waals surface area contributed by atoms with Crippen LogP contribution in [0.1, 0.15) is 44.7 Å². The van der Waals surface area contributed by atoms with Gasteiger partial charge in [0.25, 0.3) is 0 Å². The maximum absolute atomic E-state index is 12.4. The van der Waals surface area contributed by atoms with Gasteiger partial charge in [0.15, 0.2) is 9.84 Å². The Morgan fingerprint density at radius 3 is 2.69 bits per heavy atom. The van der Waals surface area contributed by atoms with E-state index in [-0.39, 0.29) is 11.5 Å². The van der Waals surface area contributed by atoms with Crippen LogP contribution in [0.2, 0.25) is 0 Å². The Bertz CT molecular complexity index is 903. The molecule has 0 aliphatic carbocycles. The predicted octanol–water partition coefficient (Wildman–Crippen LogP) is 4.14. The molecule has 0 aromatic carbocycles. The lowest BCUT2D eigenvalue weighted by Crippen LogP contribution is -2.34. The van der Waals surface area contributed by atoms with Gasteiger partial charge in [-0.2, -0.15) is 0 Å². The molecule has 0 amide bonds. The van der Waals surface area contributed by atoms with E-state index in [2.05, 4.69) is 46.3 Å². The Balaban J connectivity index is 1.75. The topological polar surface area (TPSA) is 65.5 Å². The number of nitrogens with zero attached hydrogens (tertiary/aromatic N) is 3. The third kappa shape index (κ3) is 8.43. The van der Waals surface area contributed by atoms with Gasteiger partial charge in [-0.1, -0.05) is 43.7 Å². The number of hydrogen-bond donors (Lipinski definition) is 1. The van der Waals surface area contributed by atoms with Gasteiger partial charge in [0.1, 0.15) is 5.82 Å². The molecule has 0 atom stereocenters. The normalized spacial score (nSPS) is 20.3. The van der Waals surface area contributed by atoms with E-state index in [9.17, 15) is 8.42 Å². The smallest absolute Gasteiger partial charge is 0.155 e. The highest BCUT2D eigenvalue weighted by Gasteiger charge is 2.16. The molecule has 0 bridgehead atoms. The van der Waals surface area contributed by atoms with Crippen molar-refractivity contribution >= 4 is 27.4 Å². The van der Waals surface area contributed by atoms with Gasteiger partial charge in [-0.3, -0.25) is 0 Å². The average Bonchev–Trinajstić information content (AvgIpc) is 2.83. The van der Waals surface area contributed by atoms with Crippen molar-refractivity contribution in [1.82, 2.24) is 9.88 Å². The van der Waals surface area contributed by atoms with Crippen LogP contribution in [0.5, 0.6) is 0 Å². The molecule has 0 unspecified atom stereocenters. The summed E-state index contributed by atoms with van der Waals surface area (Å²) in [6, 6.07) is 4.15. The molecular weight excluding hydrogens is 420 g/mol. The van der Waals surface area contributed by atoms with E-state index in [0.717, 1.165) is 49.7 Å². The monoisotopic (exact) mass is 458 g/mol. The van der Waals surface area contributed by atoms with E-state index in [1.807, 2.05) is 18.2 Å². The standard InChI is InChI=1S/C25H38N4O2S/c1-2-3-12-23-21-24(26-13-17-28-14-8-7-9-15-28)22-25(27-23)29-16-10-5-4-6-11-19-32(30,31)20-18-29/h3-6,11-12,21-22H,2,7-10,13-20H2,1H3,(H,26,27)/b5-4?,11-6?,12-3-. The SMILES string of the molecule is CC/C=C\c1cc(NCCN2CCCCC2)cc(N2CCC=CC=CCS(=O)(=O)CC2)n1. The first-order chi connectivity index (χ1) is 15.6. The van der Waals surface area contributed by atoms with Gasteiger partial charge in [-0.05, 0) is 50.9 Å². The number of allylic oxidation sites excluding steroid dienone is 3. The predicted molar refractivity (Wildman–Crippen MR) is 136 cm³/mol. The molecule has 3 rings (SSSR count). The molecular formula is C25H38N4O2S. The van der Waals surface area contributed by atoms with Crippen molar-refractivity contribution in [1.29, 1.82) is 0 Å². The first-order valence-corrected chi connectivity index (χ1v) is 13.8. The number of hydrogen-bond acceptors (Lipinski definition) is 6. The Morgan fingerprint density at radius 2 is 1.88 bits per heavy atom. The maximum Gasteiger partial charge on any atom is 0.155 e. The molecule has 1 N–H and O–H groups in total. The fraction of sp³-hybridized carbons (Fsp3) is 0.560.